The average molecular weight is 417 g/mol. The summed E-state index contributed by atoms with van der Waals surface area (Å²) in [6, 6.07) is 13.0. The highest BCUT2D eigenvalue weighted by Crippen LogP contribution is 2.21. The number of rotatable bonds is 6. The molecule has 3 rings (SSSR count). The molecule has 0 atom stereocenters. The fraction of sp³-hybridized carbons (Fsp3) is 0.364. The van der Waals surface area contributed by atoms with E-state index in [4.69, 9.17) is 16.3 Å². The van der Waals surface area contributed by atoms with Crippen LogP contribution in [0.2, 0.25) is 5.02 Å². The molecular formula is C22H27ClN3O3+. The first-order valence-corrected chi connectivity index (χ1v) is 10.2. The molecule has 2 amide bonds. The number of ether oxygens (including phenoxy) is 1. The zero-order valence-electron chi connectivity index (χ0n) is 16.8. The first-order valence-electron chi connectivity index (χ1n) is 9.79. The molecule has 2 aromatic rings. The summed E-state index contributed by atoms with van der Waals surface area (Å²) in [5, 5.41) is 3.37. The zero-order valence-corrected chi connectivity index (χ0v) is 17.6. The molecule has 2 N–H and O–H groups in total. The van der Waals surface area contributed by atoms with Crippen LogP contribution in [0.15, 0.2) is 42.5 Å². The normalized spacial score (nSPS) is 14.5. The fourth-order valence-corrected chi connectivity index (χ4v) is 3.53. The van der Waals surface area contributed by atoms with Gasteiger partial charge in [0.05, 0.1) is 36.9 Å². The summed E-state index contributed by atoms with van der Waals surface area (Å²) in [7, 11) is 0. The second kappa shape index (κ2) is 9.76. The lowest BCUT2D eigenvalue weighted by Gasteiger charge is -2.31. The maximum Gasteiger partial charge on any atom is 0.279 e. The van der Waals surface area contributed by atoms with Crippen molar-refractivity contribution < 1.29 is 19.2 Å². The summed E-state index contributed by atoms with van der Waals surface area (Å²) < 4.78 is 5.73. The van der Waals surface area contributed by atoms with Gasteiger partial charge in [-0.05, 0) is 43.2 Å². The van der Waals surface area contributed by atoms with E-state index in [-0.39, 0.29) is 18.4 Å². The number of quaternary nitrogens is 1. The van der Waals surface area contributed by atoms with Crippen molar-refractivity contribution >= 4 is 29.1 Å². The molecule has 1 saturated heterocycles. The Balaban J connectivity index is 1.42. The van der Waals surface area contributed by atoms with Crippen molar-refractivity contribution in [3.63, 3.8) is 0 Å². The van der Waals surface area contributed by atoms with Gasteiger partial charge in [-0.25, -0.2) is 0 Å². The minimum Gasteiger partial charge on any atom is -0.483 e. The maximum absolute atomic E-state index is 12.5. The molecule has 0 spiro atoms. The average Bonchev–Trinajstić information content (AvgIpc) is 2.71. The van der Waals surface area contributed by atoms with E-state index < -0.39 is 0 Å². The lowest BCUT2D eigenvalue weighted by atomic mass is 10.1. The summed E-state index contributed by atoms with van der Waals surface area (Å²) in [5.41, 5.74) is 2.82. The van der Waals surface area contributed by atoms with Gasteiger partial charge in [-0.15, -0.1) is 0 Å². The predicted octanol–water partition coefficient (Wildman–Crippen LogP) is 1.70. The Labute approximate surface area is 176 Å². The lowest BCUT2D eigenvalue weighted by molar-refractivity contribution is -0.895. The molecule has 0 unspecified atom stereocenters. The third-order valence-corrected chi connectivity index (χ3v) is 5.62. The summed E-state index contributed by atoms with van der Waals surface area (Å²) in [6.07, 6.45) is 0. The van der Waals surface area contributed by atoms with Crippen LogP contribution in [0.25, 0.3) is 0 Å². The zero-order chi connectivity index (χ0) is 20.8. The van der Waals surface area contributed by atoms with Crippen molar-refractivity contribution in [2.45, 2.75) is 13.8 Å². The standard InChI is InChI=1S/C22H26ClN3O3/c1-16-6-5-9-20(17(16)2)29-15-22(28)26-12-10-25(11-13-26)14-21(27)24-19-8-4-3-7-18(19)23/h3-9H,10-15H2,1-2H3,(H,24,27)/p+1. The van der Waals surface area contributed by atoms with Crippen molar-refractivity contribution in [2.75, 3.05) is 44.6 Å². The minimum atomic E-state index is -0.0777. The van der Waals surface area contributed by atoms with Crippen molar-refractivity contribution in [3.05, 3.63) is 58.6 Å². The number of hydrogen-bond donors (Lipinski definition) is 2. The van der Waals surface area contributed by atoms with Crippen molar-refractivity contribution in [1.29, 1.82) is 0 Å². The molecule has 1 fully saturated rings. The molecule has 154 valence electrons. The van der Waals surface area contributed by atoms with Crippen molar-refractivity contribution in [3.8, 4) is 5.75 Å². The number of halogens is 1. The summed E-state index contributed by atoms with van der Waals surface area (Å²) in [6.45, 7) is 7.08. The Hall–Kier alpha value is -2.57. The van der Waals surface area contributed by atoms with E-state index in [9.17, 15) is 9.59 Å². The second-order valence-corrected chi connectivity index (χ2v) is 7.73. The van der Waals surface area contributed by atoms with Crippen LogP contribution in [0.5, 0.6) is 5.75 Å². The maximum atomic E-state index is 12.5. The van der Waals surface area contributed by atoms with E-state index in [1.165, 1.54) is 0 Å². The smallest absolute Gasteiger partial charge is 0.279 e. The van der Waals surface area contributed by atoms with E-state index in [0.717, 1.165) is 34.9 Å². The predicted molar refractivity (Wildman–Crippen MR) is 114 cm³/mol. The summed E-state index contributed by atoms with van der Waals surface area (Å²) in [5.74, 6) is 0.649. The molecular weight excluding hydrogens is 390 g/mol. The molecule has 0 radical (unpaired) electrons. The number of aryl methyl sites for hydroxylation is 1. The lowest BCUT2D eigenvalue weighted by Crippen LogP contribution is -3.15. The van der Waals surface area contributed by atoms with Crippen molar-refractivity contribution in [1.82, 2.24) is 4.90 Å². The number of piperazine rings is 1. The van der Waals surface area contributed by atoms with Gasteiger partial charge < -0.3 is 19.9 Å². The molecule has 0 bridgehead atoms. The van der Waals surface area contributed by atoms with Crippen LogP contribution in [-0.2, 0) is 9.59 Å². The number of carbonyl (C=O) groups excluding carboxylic acids is 2. The third-order valence-electron chi connectivity index (χ3n) is 5.29. The topological polar surface area (TPSA) is 63.1 Å². The Kier molecular flexibility index (Phi) is 7.12. The van der Waals surface area contributed by atoms with Crippen LogP contribution in [0, 0.1) is 13.8 Å². The van der Waals surface area contributed by atoms with Crippen LogP contribution >= 0.6 is 11.6 Å². The monoisotopic (exact) mass is 416 g/mol. The van der Waals surface area contributed by atoms with E-state index in [2.05, 4.69) is 5.32 Å². The summed E-state index contributed by atoms with van der Waals surface area (Å²) >= 11 is 6.08. The Morgan fingerprint density at radius 1 is 1.10 bits per heavy atom. The molecule has 1 aliphatic rings. The van der Waals surface area contributed by atoms with E-state index in [1.807, 2.05) is 44.2 Å². The Morgan fingerprint density at radius 3 is 2.55 bits per heavy atom. The quantitative estimate of drug-likeness (QED) is 0.753. The number of amides is 2. The first kappa shape index (κ1) is 21.1. The van der Waals surface area contributed by atoms with Gasteiger partial charge in [0.15, 0.2) is 13.2 Å². The van der Waals surface area contributed by atoms with E-state index in [1.54, 1.807) is 17.0 Å². The number of nitrogens with zero attached hydrogens (tertiary/aromatic N) is 1. The number of para-hydroxylation sites is 1. The van der Waals surface area contributed by atoms with E-state index >= 15 is 0 Å². The SMILES string of the molecule is Cc1cccc(OCC(=O)N2CC[NH+](CC(=O)Nc3ccccc3Cl)CC2)c1C. The Morgan fingerprint density at radius 2 is 1.83 bits per heavy atom. The van der Waals surface area contributed by atoms with Crippen LogP contribution < -0.4 is 15.0 Å². The minimum absolute atomic E-state index is 0.0227. The van der Waals surface area contributed by atoms with Gasteiger partial charge in [0.25, 0.3) is 11.8 Å². The molecule has 2 aromatic carbocycles. The van der Waals surface area contributed by atoms with Crippen LogP contribution in [0.3, 0.4) is 0 Å². The molecule has 1 aliphatic heterocycles. The summed E-state index contributed by atoms with van der Waals surface area (Å²) in [4.78, 5) is 27.7. The van der Waals surface area contributed by atoms with Gasteiger partial charge >= 0.3 is 0 Å². The molecule has 6 nitrogen and oxygen atoms in total. The fourth-order valence-electron chi connectivity index (χ4n) is 3.34. The molecule has 0 saturated carbocycles. The number of nitrogens with one attached hydrogen (secondary N) is 2. The number of hydrogen-bond acceptors (Lipinski definition) is 3. The van der Waals surface area contributed by atoms with Gasteiger partial charge in [-0.1, -0.05) is 35.9 Å². The Bertz CT molecular complexity index is 879. The van der Waals surface area contributed by atoms with E-state index in [0.29, 0.717) is 30.3 Å². The number of carbonyl (C=O) groups is 2. The van der Waals surface area contributed by atoms with Crippen molar-refractivity contribution in [2.24, 2.45) is 0 Å². The molecule has 0 aromatic heterocycles. The van der Waals surface area contributed by atoms with Gasteiger partial charge in [0.1, 0.15) is 5.75 Å². The molecule has 0 aliphatic carbocycles. The van der Waals surface area contributed by atoms with Gasteiger partial charge in [-0.3, -0.25) is 9.59 Å². The molecule has 29 heavy (non-hydrogen) atoms. The van der Waals surface area contributed by atoms with Gasteiger partial charge in [-0.2, -0.15) is 0 Å². The van der Waals surface area contributed by atoms with Crippen LogP contribution in [0.4, 0.5) is 5.69 Å². The van der Waals surface area contributed by atoms with Crippen LogP contribution in [0.1, 0.15) is 11.1 Å². The molecule has 7 heteroatoms. The largest absolute Gasteiger partial charge is 0.483 e. The number of anilines is 1. The van der Waals surface area contributed by atoms with Gasteiger partial charge in [0.2, 0.25) is 0 Å². The highest BCUT2D eigenvalue weighted by Gasteiger charge is 2.25. The number of benzene rings is 2. The van der Waals surface area contributed by atoms with Crippen LogP contribution in [-0.4, -0.2) is 56.0 Å². The second-order valence-electron chi connectivity index (χ2n) is 7.32. The molecule has 1 heterocycles. The van der Waals surface area contributed by atoms with Gasteiger partial charge in [0, 0.05) is 0 Å². The highest BCUT2D eigenvalue weighted by molar-refractivity contribution is 6.33. The third kappa shape index (κ3) is 5.71. The highest BCUT2D eigenvalue weighted by atomic mass is 35.5. The first-order chi connectivity index (χ1) is 13.9.